The van der Waals surface area contributed by atoms with Crippen molar-refractivity contribution in [3.8, 4) is 0 Å². The van der Waals surface area contributed by atoms with Crippen LogP contribution in [-0.2, 0) is 6.54 Å². The molecule has 5 nitrogen and oxygen atoms in total. The fraction of sp³-hybridized carbons (Fsp3) is 0.846. The molecule has 0 radical (unpaired) electrons. The van der Waals surface area contributed by atoms with Crippen molar-refractivity contribution in [1.82, 2.24) is 15.5 Å². The highest BCUT2D eigenvalue weighted by atomic mass is 35.5. The molecule has 3 rings (SSSR count). The van der Waals surface area contributed by atoms with Gasteiger partial charge in [0, 0.05) is 13.1 Å². The summed E-state index contributed by atoms with van der Waals surface area (Å²) in [5, 5.41) is 11.3. The van der Waals surface area contributed by atoms with Gasteiger partial charge in [-0.15, -0.1) is 17.5 Å². The van der Waals surface area contributed by atoms with Gasteiger partial charge in [-0.1, -0.05) is 24.4 Å². The predicted molar refractivity (Wildman–Crippen MR) is 76.6 cm³/mol. The average Bonchev–Trinajstić information content (AvgIpc) is 2.87. The van der Waals surface area contributed by atoms with Crippen LogP contribution in [0.3, 0.4) is 0 Å². The first-order valence-electron chi connectivity index (χ1n) is 7.08. The third kappa shape index (κ3) is 3.20. The van der Waals surface area contributed by atoms with E-state index in [2.05, 4.69) is 20.4 Å². The predicted octanol–water partition coefficient (Wildman–Crippen LogP) is 2.23. The molecule has 2 heterocycles. The van der Waals surface area contributed by atoms with E-state index in [9.17, 15) is 0 Å². The summed E-state index contributed by atoms with van der Waals surface area (Å²) in [6.07, 6.45) is 6.90. The van der Waals surface area contributed by atoms with Crippen molar-refractivity contribution in [2.45, 2.75) is 38.6 Å². The summed E-state index contributed by atoms with van der Waals surface area (Å²) in [5.74, 6) is 2.46. The molecule has 2 atom stereocenters. The molecule has 1 aliphatic heterocycles. The smallest absolute Gasteiger partial charge is 0.318 e. The summed E-state index contributed by atoms with van der Waals surface area (Å²) in [6, 6.07) is 0.712. The second kappa shape index (κ2) is 6.57. The van der Waals surface area contributed by atoms with Gasteiger partial charge in [0.1, 0.15) is 0 Å². The molecule has 1 aromatic heterocycles. The lowest BCUT2D eigenvalue weighted by Crippen LogP contribution is -2.42. The van der Waals surface area contributed by atoms with Crippen molar-refractivity contribution in [2.75, 3.05) is 25.0 Å². The Hall–Kier alpha value is -0.810. The highest BCUT2D eigenvalue weighted by Gasteiger charge is 2.32. The summed E-state index contributed by atoms with van der Waals surface area (Å²) in [7, 11) is 1.89. The zero-order chi connectivity index (χ0) is 12.4. The number of hydrogen-bond donors (Lipinski definition) is 1. The van der Waals surface area contributed by atoms with Crippen LogP contribution in [0.5, 0.6) is 0 Å². The summed E-state index contributed by atoms with van der Waals surface area (Å²) in [6.45, 7) is 2.82. The summed E-state index contributed by atoms with van der Waals surface area (Å²) >= 11 is 0. The first kappa shape index (κ1) is 14.6. The fourth-order valence-corrected chi connectivity index (χ4v) is 3.37. The van der Waals surface area contributed by atoms with Crippen molar-refractivity contribution in [1.29, 1.82) is 0 Å². The molecule has 1 saturated heterocycles. The van der Waals surface area contributed by atoms with Crippen LogP contribution < -0.4 is 10.2 Å². The van der Waals surface area contributed by atoms with Crippen LogP contribution in [-0.4, -0.2) is 30.3 Å². The number of anilines is 1. The molecule has 1 aromatic rings. The Morgan fingerprint density at radius 3 is 2.79 bits per heavy atom. The van der Waals surface area contributed by atoms with Gasteiger partial charge in [0.15, 0.2) is 0 Å². The molecule has 0 unspecified atom stereocenters. The van der Waals surface area contributed by atoms with Crippen LogP contribution in [0.15, 0.2) is 4.42 Å². The Morgan fingerprint density at radius 2 is 2.00 bits per heavy atom. The standard InChI is InChI=1S/C13H22N4O.ClH/c1-14-8-12-15-16-13(18-12)17-7-6-10-4-2-3-5-11(10)9-17;/h10-11,14H,2-9H2,1H3;1H/t10-,11-;/m0./s1. The lowest BCUT2D eigenvalue weighted by Gasteiger charge is -2.40. The van der Waals surface area contributed by atoms with Crippen molar-refractivity contribution < 1.29 is 4.42 Å². The zero-order valence-electron chi connectivity index (χ0n) is 11.5. The monoisotopic (exact) mass is 286 g/mol. The van der Waals surface area contributed by atoms with Gasteiger partial charge in [0.2, 0.25) is 5.89 Å². The molecule has 1 saturated carbocycles. The Labute approximate surface area is 120 Å². The molecule has 1 N–H and O–H groups in total. The maximum absolute atomic E-state index is 5.68. The quantitative estimate of drug-likeness (QED) is 0.923. The van der Waals surface area contributed by atoms with Gasteiger partial charge in [-0.25, -0.2) is 0 Å². The van der Waals surface area contributed by atoms with Gasteiger partial charge in [-0.2, -0.15) is 0 Å². The van der Waals surface area contributed by atoms with Crippen molar-refractivity contribution in [3.05, 3.63) is 5.89 Å². The first-order valence-corrected chi connectivity index (χ1v) is 7.08. The van der Waals surface area contributed by atoms with Gasteiger partial charge in [-0.05, 0) is 31.7 Å². The number of hydrogen-bond acceptors (Lipinski definition) is 5. The third-order valence-electron chi connectivity index (χ3n) is 4.35. The number of rotatable bonds is 3. The van der Waals surface area contributed by atoms with Crippen LogP contribution in [0, 0.1) is 11.8 Å². The highest BCUT2D eigenvalue weighted by molar-refractivity contribution is 5.85. The Kier molecular flexibility index (Phi) is 5.05. The molecule has 0 amide bonds. The maximum Gasteiger partial charge on any atom is 0.318 e. The normalized spacial score (nSPS) is 26.7. The van der Waals surface area contributed by atoms with Crippen molar-refractivity contribution in [2.24, 2.45) is 11.8 Å². The first-order chi connectivity index (χ1) is 8.86. The van der Waals surface area contributed by atoms with Gasteiger partial charge >= 0.3 is 6.01 Å². The van der Waals surface area contributed by atoms with Crippen molar-refractivity contribution >= 4 is 18.4 Å². The van der Waals surface area contributed by atoms with E-state index < -0.39 is 0 Å². The van der Waals surface area contributed by atoms with Gasteiger partial charge in [0.05, 0.1) is 6.54 Å². The molecule has 0 spiro atoms. The molecule has 0 bridgehead atoms. The number of fused-ring (bicyclic) bond motifs is 1. The number of nitrogens with one attached hydrogen (secondary N) is 1. The van der Waals surface area contributed by atoms with E-state index in [0.29, 0.717) is 18.5 Å². The Morgan fingerprint density at radius 1 is 1.21 bits per heavy atom. The van der Waals surface area contributed by atoms with Gasteiger partial charge in [-0.3, -0.25) is 0 Å². The van der Waals surface area contributed by atoms with E-state index in [0.717, 1.165) is 24.9 Å². The molecular weight excluding hydrogens is 264 g/mol. The molecule has 2 fully saturated rings. The average molecular weight is 287 g/mol. The molecule has 1 aliphatic carbocycles. The van der Waals surface area contributed by atoms with Gasteiger partial charge in [0.25, 0.3) is 0 Å². The molecule has 19 heavy (non-hydrogen) atoms. The molecule has 2 aliphatic rings. The third-order valence-corrected chi connectivity index (χ3v) is 4.35. The summed E-state index contributed by atoms with van der Waals surface area (Å²) in [5.41, 5.74) is 0. The number of piperidine rings is 1. The fourth-order valence-electron chi connectivity index (χ4n) is 3.37. The zero-order valence-corrected chi connectivity index (χ0v) is 12.3. The minimum atomic E-state index is 0. The Bertz CT molecular complexity index is 398. The minimum absolute atomic E-state index is 0. The highest BCUT2D eigenvalue weighted by Crippen LogP contribution is 2.37. The van der Waals surface area contributed by atoms with E-state index in [1.165, 1.54) is 32.1 Å². The van der Waals surface area contributed by atoms with Crippen LogP contribution >= 0.6 is 12.4 Å². The van der Waals surface area contributed by atoms with Crippen LogP contribution in [0.1, 0.15) is 38.0 Å². The SMILES string of the molecule is CNCc1nnc(N2CC[C@@H]3CCCC[C@H]3C2)o1.Cl. The molecule has 108 valence electrons. The molecule has 6 heteroatoms. The number of nitrogens with zero attached hydrogens (tertiary/aromatic N) is 3. The lowest BCUT2D eigenvalue weighted by molar-refractivity contribution is 0.198. The van der Waals surface area contributed by atoms with Gasteiger partial charge < -0.3 is 14.6 Å². The van der Waals surface area contributed by atoms with E-state index in [1.54, 1.807) is 0 Å². The lowest BCUT2D eigenvalue weighted by atomic mass is 9.75. The summed E-state index contributed by atoms with van der Waals surface area (Å²) in [4.78, 5) is 2.28. The second-order valence-electron chi connectivity index (χ2n) is 5.55. The number of halogens is 1. The van der Waals surface area contributed by atoms with Crippen LogP contribution in [0.2, 0.25) is 0 Å². The summed E-state index contributed by atoms with van der Waals surface area (Å²) < 4.78 is 5.68. The van der Waals surface area contributed by atoms with E-state index in [-0.39, 0.29) is 12.4 Å². The number of aromatic nitrogens is 2. The van der Waals surface area contributed by atoms with Crippen molar-refractivity contribution in [3.63, 3.8) is 0 Å². The van der Waals surface area contributed by atoms with Crippen LogP contribution in [0.4, 0.5) is 6.01 Å². The second-order valence-corrected chi connectivity index (χ2v) is 5.55. The van der Waals surface area contributed by atoms with E-state index in [4.69, 9.17) is 4.42 Å². The molecule has 0 aromatic carbocycles. The molecular formula is C13H23ClN4O. The minimum Gasteiger partial charge on any atom is -0.407 e. The van der Waals surface area contributed by atoms with E-state index in [1.807, 2.05) is 7.05 Å². The van der Waals surface area contributed by atoms with E-state index >= 15 is 0 Å². The largest absolute Gasteiger partial charge is 0.407 e. The Balaban J connectivity index is 0.00000133. The van der Waals surface area contributed by atoms with Crippen LogP contribution in [0.25, 0.3) is 0 Å². The topological polar surface area (TPSA) is 54.2 Å². The maximum atomic E-state index is 5.68.